The molecule has 1 aromatic heterocycles. The van der Waals surface area contributed by atoms with Gasteiger partial charge in [0.1, 0.15) is 0 Å². The number of hydrogen-bond donors (Lipinski definition) is 2. The highest BCUT2D eigenvalue weighted by atomic mass is 35.5. The van der Waals surface area contributed by atoms with Crippen molar-refractivity contribution in [1.29, 1.82) is 0 Å². The predicted octanol–water partition coefficient (Wildman–Crippen LogP) is 3.61. The molecule has 7 nitrogen and oxygen atoms in total. The van der Waals surface area contributed by atoms with E-state index in [0.29, 0.717) is 33.8 Å². The molecule has 0 aliphatic carbocycles. The number of nitrogens with two attached hydrogens (primary N) is 1. The standard InChI is InChI=1S/C20H18ClN5O2S/c1-2-11-26-19(14-3-7-15(21)8-4-14)24-25-20(26)29-12-17(27)23-16-9-5-13(6-10-16)18(22)28/h2-10H,1,11-12H2,(H2,22,28)(H,23,27). The molecule has 0 saturated carbocycles. The minimum absolute atomic E-state index is 0.146. The highest BCUT2D eigenvalue weighted by Crippen LogP contribution is 2.25. The molecule has 0 bridgehead atoms. The number of anilines is 1. The first-order valence-electron chi connectivity index (χ1n) is 8.60. The Morgan fingerprint density at radius 1 is 1.14 bits per heavy atom. The van der Waals surface area contributed by atoms with Crippen molar-refractivity contribution in [3.05, 3.63) is 71.8 Å². The van der Waals surface area contributed by atoms with E-state index in [1.54, 1.807) is 42.5 Å². The lowest BCUT2D eigenvalue weighted by Crippen LogP contribution is -2.15. The molecule has 1 heterocycles. The Balaban J connectivity index is 1.68. The molecule has 3 rings (SSSR count). The van der Waals surface area contributed by atoms with Gasteiger partial charge in [-0.15, -0.1) is 16.8 Å². The Labute approximate surface area is 177 Å². The van der Waals surface area contributed by atoms with Crippen molar-refractivity contribution in [1.82, 2.24) is 14.8 Å². The maximum absolute atomic E-state index is 12.3. The number of amides is 2. The second kappa shape index (κ2) is 9.40. The van der Waals surface area contributed by atoms with Crippen LogP contribution in [-0.2, 0) is 11.3 Å². The summed E-state index contributed by atoms with van der Waals surface area (Å²) in [4.78, 5) is 23.4. The molecule has 3 aromatic rings. The summed E-state index contributed by atoms with van der Waals surface area (Å²) in [5, 5.41) is 12.5. The number of hydrogen-bond acceptors (Lipinski definition) is 5. The molecule has 2 amide bonds. The lowest BCUT2D eigenvalue weighted by atomic mass is 10.2. The summed E-state index contributed by atoms with van der Waals surface area (Å²) in [6, 6.07) is 13.7. The van der Waals surface area contributed by atoms with Crippen LogP contribution in [0.3, 0.4) is 0 Å². The average molecular weight is 428 g/mol. The van der Waals surface area contributed by atoms with Crippen LogP contribution in [0.1, 0.15) is 10.4 Å². The van der Waals surface area contributed by atoms with E-state index in [1.807, 2.05) is 16.7 Å². The zero-order chi connectivity index (χ0) is 20.8. The Hall–Kier alpha value is -3.10. The number of benzene rings is 2. The molecule has 0 fully saturated rings. The average Bonchev–Trinajstić information content (AvgIpc) is 3.10. The van der Waals surface area contributed by atoms with Gasteiger partial charge in [0.25, 0.3) is 0 Å². The zero-order valence-electron chi connectivity index (χ0n) is 15.3. The molecular formula is C20H18ClN5O2S. The van der Waals surface area contributed by atoms with Gasteiger partial charge in [-0.25, -0.2) is 0 Å². The molecule has 0 atom stereocenters. The molecule has 0 aliphatic rings. The van der Waals surface area contributed by atoms with Crippen molar-refractivity contribution in [2.75, 3.05) is 11.1 Å². The van der Waals surface area contributed by atoms with Crippen molar-refractivity contribution in [3.8, 4) is 11.4 Å². The van der Waals surface area contributed by atoms with Gasteiger partial charge in [0, 0.05) is 28.4 Å². The number of primary amides is 1. The van der Waals surface area contributed by atoms with Gasteiger partial charge in [-0.1, -0.05) is 29.4 Å². The molecule has 0 saturated heterocycles. The molecule has 3 N–H and O–H groups in total. The Bertz CT molecular complexity index is 1030. The summed E-state index contributed by atoms with van der Waals surface area (Å²) in [5.41, 5.74) is 7.04. The van der Waals surface area contributed by atoms with E-state index in [9.17, 15) is 9.59 Å². The van der Waals surface area contributed by atoms with Crippen LogP contribution in [0.25, 0.3) is 11.4 Å². The van der Waals surface area contributed by atoms with Crippen molar-refractivity contribution in [2.45, 2.75) is 11.7 Å². The van der Waals surface area contributed by atoms with Crippen LogP contribution in [-0.4, -0.2) is 32.3 Å². The number of carbonyl (C=O) groups excluding carboxylic acids is 2. The van der Waals surface area contributed by atoms with Crippen molar-refractivity contribution < 1.29 is 9.59 Å². The first kappa shape index (κ1) is 20.6. The Morgan fingerprint density at radius 2 is 1.83 bits per heavy atom. The largest absolute Gasteiger partial charge is 0.366 e. The number of aromatic nitrogens is 3. The Morgan fingerprint density at radius 3 is 2.45 bits per heavy atom. The number of allylic oxidation sites excluding steroid dienone is 1. The van der Waals surface area contributed by atoms with E-state index in [0.717, 1.165) is 5.56 Å². The SMILES string of the molecule is C=CCn1c(SCC(=O)Nc2ccc(C(N)=O)cc2)nnc1-c1ccc(Cl)cc1. The number of halogens is 1. The second-order valence-electron chi connectivity index (χ2n) is 5.99. The van der Waals surface area contributed by atoms with Gasteiger partial charge in [0.05, 0.1) is 5.75 Å². The summed E-state index contributed by atoms with van der Waals surface area (Å²) < 4.78 is 1.88. The fourth-order valence-electron chi connectivity index (χ4n) is 2.55. The van der Waals surface area contributed by atoms with Crippen LogP contribution in [0, 0.1) is 0 Å². The number of nitrogens with one attached hydrogen (secondary N) is 1. The van der Waals surface area contributed by atoms with Gasteiger partial charge in [-0.05, 0) is 48.5 Å². The smallest absolute Gasteiger partial charge is 0.248 e. The molecule has 9 heteroatoms. The third-order valence-corrected chi connectivity index (χ3v) is 5.14. The van der Waals surface area contributed by atoms with Crippen LogP contribution in [0.15, 0.2) is 66.3 Å². The monoisotopic (exact) mass is 427 g/mol. The van der Waals surface area contributed by atoms with Gasteiger partial charge in [0.15, 0.2) is 11.0 Å². The van der Waals surface area contributed by atoms with Crippen LogP contribution < -0.4 is 11.1 Å². The summed E-state index contributed by atoms with van der Waals surface area (Å²) in [6.07, 6.45) is 1.74. The van der Waals surface area contributed by atoms with Gasteiger partial charge in [-0.2, -0.15) is 0 Å². The molecular weight excluding hydrogens is 410 g/mol. The first-order chi connectivity index (χ1) is 14.0. The number of carbonyl (C=O) groups is 2. The quantitative estimate of drug-likeness (QED) is 0.422. The van der Waals surface area contributed by atoms with E-state index in [2.05, 4.69) is 22.1 Å². The van der Waals surface area contributed by atoms with Crippen LogP contribution >= 0.6 is 23.4 Å². The fourth-order valence-corrected chi connectivity index (χ4v) is 3.42. The molecule has 29 heavy (non-hydrogen) atoms. The molecule has 0 aliphatic heterocycles. The van der Waals surface area contributed by atoms with Crippen LogP contribution in [0.4, 0.5) is 5.69 Å². The lowest BCUT2D eigenvalue weighted by Gasteiger charge is -2.08. The lowest BCUT2D eigenvalue weighted by molar-refractivity contribution is -0.113. The first-order valence-corrected chi connectivity index (χ1v) is 9.97. The normalized spacial score (nSPS) is 10.5. The number of thioether (sulfide) groups is 1. The van der Waals surface area contributed by atoms with Crippen molar-refractivity contribution in [3.63, 3.8) is 0 Å². The van der Waals surface area contributed by atoms with Crippen molar-refractivity contribution >= 4 is 40.9 Å². The van der Waals surface area contributed by atoms with Crippen LogP contribution in [0.5, 0.6) is 0 Å². The predicted molar refractivity (Wildman–Crippen MR) is 115 cm³/mol. The highest BCUT2D eigenvalue weighted by Gasteiger charge is 2.15. The van der Waals surface area contributed by atoms with Crippen LogP contribution in [0.2, 0.25) is 5.02 Å². The van der Waals surface area contributed by atoms with Gasteiger partial charge < -0.3 is 11.1 Å². The molecule has 0 spiro atoms. The topological polar surface area (TPSA) is 103 Å². The van der Waals surface area contributed by atoms with Gasteiger partial charge >= 0.3 is 0 Å². The number of rotatable bonds is 8. The minimum Gasteiger partial charge on any atom is -0.366 e. The maximum atomic E-state index is 12.3. The zero-order valence-corrected chi connectivity index (χ0v) is 16.9. The third kappa shape index (κ3) is 5.24. The summed E-state index contributed by atoms with van der Waals surface area (Å²) in [5.74, 6) is 0.0963. The minimum atomic E-state index is -0.517. The van der Waals surface area contributed by atoms with E-state index in [4.69, 9.17) is 17.3 Å². The summed E-state index contributed by atoms with van der Waals surface area (Å²) in [6.45, 7) is 4.28. The van der Waals surface area contributed by atoms with Gasteiger partial charge in [-0.3, -0.25) is 14.2 Å². The Kier molecular flexibility index (Phi) is 6.69. The third-order valence-electron chi connectivity index (χ3n) is 3.92. The van der Waals surface area contributed by atoms with Gasteiger partial charge in [0.2, 0.25) is 11.8 Å². The maximum Gasteiger partial charge on any atom is 0.248 e. The van der Waals surface area contributed by atoms with E-state index < -0.39 is 5.91 Å². The second-order valence-corrected chi connectivity index (χ2v) is 7.37. The number of nitrogens with zero attached hydrogens (tertiary/aromatic N) is 3. The molecule has 0 unspecified atom stereocenters. The van der Waals surface area contributed by atoms with E-state index >= 15 is 0 Å². The molecule has 2 aromatic carbocycles. The molecule has 0 radical (unpaired) electrons. The fraction of sp³-hybridized carbons (Fsp3) is 0.100. The van der Waals surface area contributed by atoms with Crippen molar-refractivity contribution in [2.24, 2.45) is 5.73 Å². The molecule has 148 valence electrons. The highest BCUT2D eigenvalue weighted by molar-refractivity contribution is 7.99. The summed E-state index contributed by atoms with van der Waals surface area (Å²) >= 11 is 7.22. The van der Waals surface area contributed by atoms with E-state index in [-0.39, 0.29) is 11.7 Å². The van der Waals surface area contributed by atoms with E-state index in [1.165, 1.54) is 11.8 Å². The summed E-state index contributed by atoms with van der Waals surface area (Å²) in [7, 11) is 0.